The van der Waals surface area contributed by atoms with E-state index in [1.807, 2.05) is 28.8 Å². The number of ether oxygens (including phenoxy) is 1. The molecule has 0 atom stereocenters. The van der Waals surface area contributed by atoms with E-state index in [0.717, 1.165) is 0 Å². The molecule has 1 saturated heterocycles. The van der Waals surface area contributed by atoms with Gasteiger partial charge in [0.05, 0.1) is 35.2 Å². The third kappa shape index (κ3) is 4.34. The fourth-order valence-corrected chi connectivity index (χ4v) is 4.36. The second-order valence-corrected chi connectivity index (χ2v) is 8.33. The van der Waals surface area contributed by atoms with E-state index in [1.54, 1.807) is 12.1 Å². The van der Waals surface area contributed by atoms with Crippen LogP contribution in [0, 0.1) is 5.82 Å². The zero-order valence-electron chi connectivity index (χ0n) is 16.8. The molecule has 0 aliphatic carbocycles. The largest absolute Gasteiger partial charge is 0.378 e. The molecule has 2 aromatic heterocycles. The zero-order valence-corrected chi connectivity index (χ0v) is 18.4. The molecule has 8 nitrogen and oxygen atoms in total. The van der Waals surface area contributed by atoms with E-state index in [2.05, 4.69) is 25.2 Å². The lowest BCUT2D eigenvalue weighted by molar-refractivity contribution is 0.122. The van der Waals surface area contributed by atoms with Crippen LogP contribution >= 0.6 is 23.4 Å². The monoisotopic (exact) mass is 472 g/mol. The molecule has 2 aromatic carbocycles. The first-order valence-electron chi connectivity index (χ1n) is 9.93. The molecule has 1 fully saturated rings. The van der Waals surface area contributed by atoms with Crippen molar-refractivity contribution < 1.29 is 13.7 Å². The third-order valence-corrected chi connectivity index (χ3v) is 6.13. The summed E-state index contributed by atoms with van der Waals surface area (Å²) in [7, 11) is 0. The predicted octanol–water partition coefficient (Wildman–Crippen LogP) is 4.24. The van der Waals surface area contributed by atoms with Crippen molar-refractivity contribution in [1.29, 1.82) is 0 Å². The van der Waals surface area contributed by atoms with Gasteiger partial charge in [-0.05, 0) is 30.3 Å². The maximum Gasteiger partial charge on any atom is 0.259 e. The molecule has 0 radical (unpaired) electrons. The van der Waals surface area contributed by atoms with Crippen LogP contribution in [0.15, 0.2) is 58.2 Å². The fraction of sp³-hybridized carbons (Fsp3) is 0.238. The first-order valence-corrected chi connectivity index (χ1v) is 11.3. The number of benzene rings is 2. The van der Waals surface area contributed by atoms with Crippen LogP contribution in [-0.2, 0) is 10.5 Å². The molecule has 32 heavy (non-hydrogen) atoms. The summed E-state index contributed by atoms with van der Waals surface area (Å²) in [6.45, 7) is 2.58. The number of thioether (sulfide) groups is 1. The standard InChI is InChI=1S/C21H18ClFN6O2S/c22-17-7-2-1-6-16(17)19-24-18(27-31-19)13-32-21-26-25-20(28-8-10-30-11-9-28)29(21)15-5-3-4-14(23)12-15/h1-7,12H,8-11,13H2. The van der Waals surface area contributed by atoms with Gasteiger partial charge in [0.1, 0.15) is 5.82 Å². The van der Waals surface area contributed by atoms with Crippen molar-refractivity contribution in [3.05, 3.63) is 65.2 Å². The summed E-state index contributed by atoms with van der Waals surface area (Å²) in [6.07, 6.45) is 0. The number of hydrogen-bond acceptors (Lipinski definition) is 8. The summed E-state index contributed by atoms with van der Waals surface area (Å²) in [6, 6.07) is 13.6. The summed E-state index contributed by atoms with van der Waals surface area (Å²) in [5, 5.41) is 13.9. The number of anilines is 1. The van der Waals surface area contributed by atoms with Gasteiger partial charge in [-0.25, -0.2) is 4.39 Å². The number of rotatable bonds is 6. The number of aromatic nitrogens is 5. The number of hydrogen-bond donors (Lipinski definition) is 0. The average molecular weight is 473 g/mol. The SMILES string of the molecule is Fc1cccc(-n2c(SCc3noc(-c4ccccc4Cl)n3)nnc2N2CCOCC2)c1. The van der Waals surface area contributed by atoms with Gasteiger partial charge in [-0.15, -0.1) is 10.2 Å². The second-order valence-electron chi connectivity index (χ2n) is 6.98. The molecule has 1 aliphatic rings. The van der Waals surface area contributed by atoms with Crippen LogP contribution in [0.1, 0.15) is 5.82 Å². The third-order valence-electron chi connectivity index (χ3n) is 4.88. The Morgan fingerprint density at radius 3 is 2.72 bits per heavy atom. The predicted molar refractivity (Wildman–Crippen MR) is 119 cm³/mol. The van der Waals surface area contributed by atoms with Gasteiger partial charge in [-0.1, -0.05) is 46.7 Å². The first-order chi connectivity index (χ1) is 15.7. The minimum Gasteiger partial charge on any atom is -0.378 e. The maximum absolute atomic E-state index is 14.0. The minimum absolute atomic E-state index is 0.331. The Morgan fingerprint density at radius 1 is 1.06 bits per heavy atom. The minimum atomic E-state index is -0.331. The Bertz CT molecular complexity index is 1230. The molecule has 0 bridgehead atoms. The molecule has 3 heterocycles. The van der Waals surface area contributed by atoms with Crippen LogP contribution in [0.2, 0.25) is 5.02 Å². The molecule has 164 valence electrons. The van der Waals surface area contributed by atoms with Crippen LogP contribution < -0.4 is 4.90 Å². The smallest absolute Gasteiger partial charge is 0.259 e. The van der Waals surface area contributed by atoms with E-state index < -0.39 is 0 Å². The molecule has 5 rings (SSSR count). The van der Waals surface area contributed by atoms with Crippen molar-refractivity contribution in [2.75, 3.05) is 31.2 Å². The molecule has 0 spiro atoms. The number of morpholine rings is 1. The van der Waals surface area contributed by atoms with Gasteiger partial charge in [0.25, 0.3) is 5.89 Å². The van der Waals surface area contributed by atoms with Gasteiger partial charge in [-0.3, -0.25) is 4.57 Å². The number of nitrogens with zero attached hydrogens (tertiary/aromatic N) is 6. The molecule has 0 unspecified atom stereocenters. The van der Waals surface area contributed by atoms with Gasteiger partial charge < -0.3 is 14.2 Å². The van der Waals surface area contributed by atoms with Crippen LogP contribution in [0.4, 0.5) is 10.3 Å². The molecular weight excluding hydrogens is 455 g/mol. The second kappa shape index (κ2) is 9.27. The molecule has 4 aromatic rings. The van der Waals surface area contributed by atoms with E-state index in [4.69, 9.17) is 20.9 Å². The lowest BCUT2D eigenvalue weighted by atomic mass is 10.2. The molecule has 11 heteroatoms. The molecule has 0 N–H and O–H groups in total. The zero-order chi connectivity index (χ0) is 21.9. The quantitative estimate of drug-likeness (QED) is 0.385. The highest BCUT2D eigenvalue weighted by atomic mass is 35.5. The lowest BCUT2D eigenvalue weighted by Gasteiger charge is -2.27. The van der Waals surface area contributed by atoms with Gasteiger partial charge >= 0.3 is 0 Å². The van der Waals surface area contributed by atoms with E-state index in [1.165, 1.54) is 23.9 Å². The van der Waals surface area contributed by atoms with Crippen LogP contribution in [0.25, 0.3) is 17.1 Å². The van der Waals surface area contributed by atoms with Gasteiger partial charge in [-0.2, -0.15) is 4.98 Å². The van der Waals surface area contributed by atoms with Crippen molar-refractivity contribution >= 4 is 29.3 Å². The topological polar surface area (TPSA) is 82.1 Å². The van der Waals surface area contributed by atoms with E-state index in [0.29, 0.717) is 71.1 Å². The van der Waals surface area contributed by atoms with Crippen LogP contribution in [-0.4, -0.2) is 51.2 Å². The van der Waals surface area contributed by atoms with Gasteiger partial charge in [0.2, 0.25) is 5.95 Å². The Hall–Kier alpha value is -2.95. The highest BCUT2D eigenvalue weighted by molar-refractivity contribution is 7.98. The van der Waals surface area contributed by atoms with Crippen molar-refractivity contribution in [1.82, 2.24) is 24.9 Å². The van der Waals surface area contributed by atoms with Crippen molar-refractivity contribution in [2.24, 2.45) is 0 Å². The fourth-order valence-electron chi connectivity index (χ4n) is 3.35. The van der Waals surface area contributed by atoms with Crippen molar-refractivity contribution in [3.63, 3.8) is 0 Å². The van der Waals surface area contributed by atoms with Crippen molar-refractivity contribution in [2.45, 2.75) is 10.9 Å². The van der Waals surface area contributed by atoms with E-state index >= 15 is 0 Å². The molecule has 0 saturated carbocycles. The maximum atomic E-state index is 14.0. The summed E-state index contributed by atoms with van der Waals surface area (Å²) < 4.78 is 26.6. The van der Waals surface area contributed by atoms with Crippen LogP contribution in [0.5, 0.6) is 0 Å². The Labute approximate surface area is 192 Å². The Kier molecular flexibility index (Phi) is 6.06. The van der Waals surface area contributed by atoms with E-state index in [-0.39, 0.29) is 5.82 Å². The van der Waals surface area contributed by atoms with E-state index in [9.17, 15) is 4.39 Å². The summed E-state index contributed by atoms with van der Waals surface area (Å²) in [5.74, 6) is 1.55. The highest BCUT2D eigenvalue weighted by Crippen LogP contribution is 2.30. The summed E-state index contributed by atoms with van der Waals surface area (Å²) in [5.41, 5.74) is 1.32. The summed E-state index contributed by atoms with van der Waals surface area (Å²) >= 11 is 7.61. The molecule has 0 amide bonds. The van der Waals surface area contributed by atoms with Gasteiger partial charge in [0, 0.05) is 13.1 Å². The first kappa shape index (κ1) is 20.9. The van der Waals surface area contributed by atoms with Crippen LogP contribution in [0.3, 0.4) is 0 Å². The number of halogens is 2. The molecular formula is C21H18ClFN6O2S. The summed E-state index contributed by atoms with van der Waals surface area (Å²) in [4.78, 5) is 6.52. The Balaban J connectivity index is 1.41. The lowest BCUT2D eigenvalue weighted by Crippen LogP contribution is -2.37. The molecule has 1 aliphatic heterocycles. The normalized spacial score (nSPS) is 14.1. The highest BCUT2D eigenvalue weighted by Gasteiger charge is 2.23. The average Bonchev–Trinajstić information content (AvgIpc) is 3.46. The van der Waals surface area contributed by atoms with Gasteiger partial charge in [0.15, 0.2) is 11.0 Å². The van der Waals surface area contributed by atoms with Crippen molar-refractivity contribution in [3.8, 4) is 17.1 Å². The Morgan fingerprint density at radius 2 is 1.91 bits per heavy atom.